The van der Waals surface area contributed by atoms with E-state index in [0.717, 1.165) is 16.7 Å². The second-order valence-corrected chi connectivity index (χ2v) is 4.79. The molecule has 0 heterocycles. The molecule has 0 aliphatic heterocycles. The van der Waals surface area contributed by atoms with Gasteiger partial charge in [0.05, 0.1) is 6.10 Å². The molecule has 0 fully saturated rings. The van der Waals surface area contributed by atoms with E-state index in [2.05, 4.69) is 5.32 Å². The van der Waals surface area contributed by atoms with Gasteiger partial charge in [0.25, 0.3) is 0 Å². The summed E-state index contributed by atoms with van der Waals surface area (Å²) < 4.78 is 0. The van der Waals surface area contributed by atoms with Gasteiger partial charge < -0.3 is 15.5 Å². The Morgan fingerprint density at radius 3 is 2.24 bits per heavy atom. The van der Waals surface area contributed by atoms with Crippen LogP contribution in [0.1, 0.15) is 29.2 Å². The van der Waals surface area contributed by atoms with E-state index in [-0.39, 0.29) is 0 Å². The maximum atomic E-state index is 10.1. The number of hydrogen-bond donors (Lipinski definition) is 3. The highest BCUT2D eigenvalue weighted by Gasteiger charge is 2.21. The number of nitrogens with one attached hydrogen (secondary N) is 1. The Kier molecular flexibility index (Phi) is 5.40. The Labute approximate surface area is 107 Å². The van der Waals surface area contributed by atoms with Gasteiger partial charge in [0.2, 0.25) is 0 Å². The summed E-state index contributed by atoms with van der Waals surface area (Å²) in [6.45, 7) is 4.45. The molecule has 96 valence electrons. The van der Waals surface area contributed by atoms with Crippen molar-refractivity contribution in [2.45, 2.75) is 32.5 Å². The highest BCUT2D eigenvalue weighted by Crippen LogP contribution is 2.28. The summed E-state index contributed by atoms with van der Waals surface area (Å²) in [4.78, 5) is 0. The molecule has 1 aromatic carbocycles. The highest BCUT2D eigenvalue weighted by molar-refractivity contribution is 6.30. The fourth-order valence-electron chi connectivity index (χ4n) is 2.03. The van der Waals surface area contributed by atoms with Crippen molar-refractivity contribution < 1.29 is 10.2 Å². The second-order valence-electron chi connectivity index (χ2n) is 4.36. The summed E-state index contributed by atoms with van der Waals surface area (Å²) in [5.41, 5.74) is 2.59. The van der Waals surface area contributed by atoms with Crippen LogP contribution in [0.5, 0.6) is 0 Å². The van der Waals surface area contributed by atoms with Crippen LogP contribution < -0.4 is 5.32 Å². The van der Waals surface area contributed by atoms with E-state index in [1.54, 1.807) is 12.1 Å². The maximum absolute atomic E-state index is 10.1. The Morgan fingerprint density at radius 2 is 1.76 bits per heavy atom. The molecule has 0 aliphatic rings. The van der Waals surface area contributed by atoms with Crippen LogP contribution in [0, 0.1) is 13.8 Å². The Hall–Kier alpha value is -0.610. The largest absolute Gasteiger partial charge is 0.390 e. The zero-order valence-corrected chi connectivity index (χ0v) is 11.3. The molecule has 0 radical (unpaired) electrons. The van der Waals surface area contributed by atoms with Crippen molar-refractivity contribution in [3.05, 3.63) is 33.8 Å². The summed E-state index contributed by atoms with van der Waals surface area (Å²) in [5.74, 6) is 0. The van der Waals surface area contributed by atoms with E-state index in [1.165, 1.54) is 0 Å². The number of aliphatic hydroxyl groups is 2. The quantitative estimate of drug-likeness (QED) is 0.756. The lowest BCUT2D eigenvalue weighted by Gasteiger charge is -2.22. The average molecular weight is 258 g/mol. The van der Waals surface area contributed by atoms with Gasteiger partial charge in [-0.3, -0.25) is 0 Å². The first-order chi connectivity index (χ1) is 7.97. The number of benzene rings is 1. The van der Waals surface area contributed by atoms with Gasteiger partial charge in [0.15, 0.2) is 0 Å². The number of aliphatic hydroxyl groups excluding tert-OH is 2. The third-order valence-electron chi connectivity index (χ3n) is 2.91. The van der Waals surface area contributed by atoms with E-state index in [9.17, 15) is 10.2 Å². The van der Waals surface area contributed by atoms with E-state index in [4.69, 9.17) is 11.6 Å². The van der Waals surface area contributed by atoms with Crippen molar-refractivity contribution in [1.82, 2.24) is 5.32 Å². The number of halogens is 1. The van der Waals surface area contributed by atoms with Crippen molar-refractivity contribution in [2.24, 2.45) is 0 Å². The standard InChI is InChI=1S/C13H20ClNO2/c1-8-6-10(14)7-9(2)12(8)13(17)11(16)4-5-15-3/h6-7,11,13,15-17H,4-5H2,1-3H3. The summed E-state index contributed by atoms with van der Waals surface area (Å²) in [6, 6.07) is 3.61. The Morgan fingerprint density at radius 1 is 1.24 bits per heavy atom. The van der Waals surface area contributed by atoms with Gasteiger partial charge in [0, 0.05) is 5.02 Å². The SMILES string of the molecule is CNCCC(O)C(O)c1c(C)cc(Cl)cc1C. The lowest BCUT2D eigenvalue weighted by Crippen LogP contribution is -2.24. The van der Waals surface area contributed by atoms with Crippen molar-refractivity contribution in [1.29, 1.82) is 0 Å². The van der Waals surface area contributed by atoms with E-state index in [0.29, 0.717) is 18.0 Å². The molecular weight excluding hydrogens is 238 g/mol. The third kappa shape index (κ3) is 3.68. The van der Waals surface area contributed by atoms with Gasteiger partial charge in [-0.1, -0.05) is 11.6 Å². The predicted molar refractivity (Wildman–Crippen MR) is 70.4 cm³/mol. The minimum absolute atomic E-state index is 0.513. The smallest absolute Gasteiger partial charge is 0.105 e. The molecule has 2 atom stereocenters. The number of rotatable bonds is 5. The van der Waals surface area contributed by atoms with Crippen molar-refractivity contribution >= 4 is 11.6 Å². The number of aryl methyl sites for hydroxylation is 2. The van der Waals surface area contributed by atoms with Gasteiger partial charge in [-0.2, -0.15) is 0 Å². The predicted octanol–water partition coefficient (Wildman–Crippen LogP) is 1.96. The molecular formula is C13H20ClNO2. The third-order valence-corrected chi connectivity index (χ3v) is 3.13. The Bertz CT molecular complexity index is 359. The molecule has 0 aromatic heterocycles. The van der Waals surface area contributed by atoms with Gasteiger partial charge in [-0.25, -0.2) is 0 Å². The molecule has 0 saturated carbocycles. The normalized spacial score (nSPS) is 14.7. The second kappa shape index (κ2) is 6.36. The first kappa shape index (κ1) is 14.5. The van der Waals surface area contributed by atoms with E-state index in [1.807, 2.05) is 20.9 Å². The van der Waals surface area contributed by atoms with Crippen LogP contribution in [-0.2, 0) is 0 Å². The zero-order valence-electron chi connectivity index (χ0n) is 10.5. The molecule has 2 unspecified atom stereocenters. The molecule has 0 saturated heterocycles. The van der Waals surface area contributed by atoms with Gasteiger partial charge in [0.1, 0.15) is 6.10 Å². The molecule has 3 nitrogen and oxygen atoms in total. The molecule has 0 bridgehead atoms. The summed E-state index contributed by atoms with van der Waals surface area (Å²) in [5, 5.41) is 23.6. The topological polar surface area (TPSA) is 52.5 Å². The monoisotopic (exact) mass is 257 g/mol. The fraction of sp³-hybridized carbons (Fsp3) is 0.538. The lowest BCUT2D eigenvalue weighted by molar-refractivity contribution is 0.0133. The minimum Gasteiger partial charge on any atom is -0.390 e. The molecule has 1 rings (SSSR count). The molecule has 17 heavy (non-hydrogen) atoms. The van der Waals surface area contributed by atoms with Crippen LogP contribution in [0.15, 0.2) is 12.1 Å². The van der Waals surface area contributed by atoms with Crippen molar-refractivity contribution in [2.75, 3.05) is 13.6 Å². The van der Waals surface area contributed by atoms with Crippen LogP contribution in [0.3, 0.4) is 0 Å². The fourth-order valence-corrected chi connectivity index (χ4v) is 2.36. The van der Waals surface area contributed by atoms with Crippen LogP contribution in [0.2, 0.25) is 5.02 Å². The van der Waals surface area contributed by atoms with E-state index >= 15 is 0 Å². The maximum Gasteiger partial charge on any atom is 0.105 e. The summed E-state index contributed by atoms with van der Waals surface area (Å²) in [7, 11) is 1.82. The highest BCUT2D eigenvalue weighted by atomic mass is 35.5. The van der Waals surface area contributed by atoms with Crippen LogP contribution in [-0.4, -0.2) is 29.9 Å². The van der Waals surface area contributed by atoms with Crippen LogP contribution in [0.4, 0.5) is 0 Å². The van der Waals surface area contributed by atoms with Gasteiger partial charge >= 0.3 is 0 Å². The van der Waals surface area contributed by atoms with Crippen molar-refractivity contribution in [3.63, 3.8) is 0 Å². The molecule has 4 heteroatoms. The first-order valence-corrected chi connectivity index (χ1v) is 6.12. The molecule has 0 amide bonds. The van der Waals surface area contributed by atoms with E-state index < -0.39 is 12.2 Å². The molecule has 0 spiro atoms. The number of hydrogen-bond acceptors (Lipinski definition) is 3. The van der Waals surface area contributed by atoms with Crippen LogP contribution >= 0.6 is 11.6 Å². The Balaban J connectivity index is 2.91. The average Bonchev–Trinajstić information content (AvgIpc) is 2.24. The molecule has 1 aromatic rings. The zero-order chi connectivity index (χ0) is 13.0. The lowest BCUT2D eigenvalue weighted by atomic mass is 9.93. The van der Waals surface area contributed by atoms with Gasteiger partial charge in [-0.15, -0.1) is 0 Å². The van der Waals surface area contributed by atoms with Crippen molar-refractivity contribution in [3.8, 4) is 0 Å². The first-order valence-electron chi connectivity index (χ1n) is 5.74. The van der Waals surface area contributed by atoms with Gasteiger partial charge in [-0.05, 0) is 62.7 Å². The molecule has 3 N–H and O–H groups in total. The summed E-state index contributed by atoms with van der Waals surface area (Å²) in [6.07, 6.45) is -1.11. The minimum atomic E-state index is -0.861. The summed E-state index contributed by atoms with van der Waals surface area (Å²) >= 11 is 5.94. The van der Waals surface area contributed by atoms with Crippen LogP contribution in [0.25, 0.3) is 0 Å². The molecule has 0 aliphatic carbocycles.